The molecule has 2 aromatic carbocycles. The first-order valence-electron chi connectivity index (χ1n) is 5.48. The molecule has 0 amide bonds. The Morgan fingerprint density at radius 2 is 1.83 bits per heavy atom. The number of aromatic amines is 1. The van der Waals surface area contributed by atoms with Gasteiger partial charge in [-0.3, -0.25) is 0 Å². The highest BCUT2D eigenvalue weighted by Crippen LogP contribution is 2.27. The molecule has 0 spiro atoms. The molecular weight excluding hydrogens is 242 g/mol. The van der Waals surface area contributed by atoms with E-state index >= 15 is 0 Å². The molecule has 1 aromatic heterocycles. The van der Waals surface area contributed by atoms with Gasteiger partial charge < -0.3 is 4.98 Å². The quantitative estimate of drug-likeness (QED) is 0.757. The van der Waals surface area contributed by atoms with E-state index in [2.05, 4.69) is 16.0 Å². The molecule has 18 heavy (non-hydrogen) atoms. The Morgan fingerprint density at radius 3 is 2.56 bits per heavy atom. The molecule has 0 aliphatic heterocycles. The van der Waals surface area contributed by atoms with Gasteiger partial charge in [-0.1, -0.05) is 23.9 Å². The van der Waals surface area contributed by atoms with Crippen molar-refractivity contribution in [3.05, 3.63) is 54.1 Å². The second-order valence-electron chi connectivity index (χ2n) is 3.80. The smallest absolute Gasteiger partial charge is 0.171 e. The number of nitrogens with one attached hydrogen (secondary N) is 1. The van der Waals surface area contributed by atoms with Gasteiger partial charge in [0.15, 0.2) is 5.16 Å². The van der Waals surface area contributed by atoms with E-state index in [0.29, 0.717) is 5.56 Å². The highest BCUT2D eigenvalue weighted by atomic mass is 32.2. The van der Waals surface area contributed by atoms with E-state index < -0.39 is 0 Å². The number of rotatable bonds is 2. The maximum atomic E-state index is 8.74. The summed E-state index contributed by atoms with van der Waals surface area (Å²) in [6.07, 6.45) is 0. The highest BCUT2D eigenvalue weighted by Gasteiger charge is 2.03. The number of nitriles is 1. The lowest BCUT2D eigenvalue weighted by atomic mass is 10.2. The molecule has 1 heterocycles. The van der Waals surface area contributed by atoms with Gasteiger partial charge in [-0.2, -0.15) is 5.26 Å². The number of imidazole rings is 1. The third-order valence-corrected chi connectivity index (χ3v) is 3.46. The molecule has 3 rings (SSSR count). The van der Waals surface area contributed by atoms with Crippen molar-refractivity contribution in [1.82, 2.24) is 9.97 Å². The first-order valence-corrected chi connectivity index (χ1v) is 6.29. The van der Waals surface area contributed by atoms with E-state index in [1.165, 1.54) is 0 Å². The van der Waals surface area contributed by atoms with Crippen LogP contribution >= 0.6 is 11.8 Å². The van der Waals surface area contributed by atoms with E-state index in [-0.39, 0.29) is 0 Å². The number of hydrogen-bond acceptors (Lipinski definition) is 3. The van der Waals surface area contributed by atoms with Gasteiger partial charge in [0.1, 0.15) is 0 Å². The van der Waals surface area contributed by atoms with Crippen LogP contribution in [0.5, 0.6) is 0 Å². The van der Waals surface area contributed by atoms with Crippen LogP contribution in [0.3, 0.4) is 0 Å². The van der Waals surface area contributed by atoms with Crippen molar-refractivity contribution in [2.75, 3.05) is 0 Å². The molecule has 0 unspecified atom stereocenters. The Bertz CT molecular complexity index is 690. The van der Waals surface area contributed by atoms with Crippen molar-refractivity contribution in [3.8, 4) is 6.07 Å². The number of aromatic nitrogens is 2. The molecule has 86 valence electrons. The van der Waals surface area contributed by atoms with Crippen molar-refractivity contribution in [2.45, 2.75) is 10.1 Å². The van der Waals surface area contributed by atoms with Crippen LogP contribution in [0.15, 0.2) is 58.6 Å². The number of para-hydroxylation sites is 2. The average molecular weight is 251 g/mol. The summed E-state index contributed by atoms with van der Waals surface area (Å²) >= 11 is 1.56. The molecule has 1 N–H and O–H groups in total. The summed E-state index contributed by atoms with van der Waals surface area (Å²) in [6, 6.07) is 17.5. The SMILES string of the molecule is N#Cc1ccc(Sc2nc3ccccc3[nH]2)cc1. The second kappa shape index (κ2) is 4.55. The molecule has 0 atom stereocenters. The van der Waals surface area contributed by atoms with Gasteiger partial charge in [0, 0.05) is 4.90 Å². The fourth-order valence-electron chi connectivity index (χ4n) is 1.69. The summed E-state index contributed by atoms with van der Waals surface area (Å²) in [4.78, 5) is 8.82. The van der Waals surface area contributed by atoms with Crippen LogP contribution in [-0.4, -0.2) is 9.97 Å². The number of H-pyrrole nitrogens is 1. The van der Waals surface area contributed by atoms with E-state index in [0.717, 1.165) is 21.1 Å². The summed E-state index contributed by atoms with van der Waals surface area (Å²) in [7, 11) is 0. The largest absolute Gasteiger partial charge is 0.333 e. The van der Waals surface area contributed by atoms with E-state index in [1.807, 2.05) is 48.5 Å². The fourth-order valence-corrected chi connectivity index (χ4v) is 2.49. The van der Waals surface area contributed by atoms with Gasteiger partial charge in [-0.25, -0.2) is 4.98 Å². The van der Waals surface area contributed by atoms with Crippen molar-refractivity contribution >= 4 is 22.8 Å². The molecular formula is C14H9N3S. The molecule has 0 bridgehead atoms. The maximum Gasteiger partial charge on any atom is 0.171 e. The van der Waals surface area contributed by atoms with Crippen molar-refractivity contribution in [2.24, 2.45) is 0 Å². The van der Waals surface area contributed by atoms with Crippen molar-refractivity contribution < 1.29 is 0 Å². The first-order chi connectivity index (χ1) is 8.85. The summed E-state index contributed by atoms with van der Waals surface area (Å²) in [5.41, 5.74) is 2.67. The summed E-state index contributed by atoms with van der Waals surface area (Å²) in [6.45, 7) is 0. The van der Waals surface area contributed by atoms with Crippen LogP contribution in [0.4, 0.5) is 0 Å². The van der Waals surface area contributed by atoms with Crippen LogP contribution in [-0.2, 0) is 0 Å². The maximum absolute atomic E-state index is 8.74. The normalized spacial score (nSPS) is 10.4. The number of nitrogens with zero attached hydrogens (tertiary/aromatic N) is 2. The predicted octanol–water partition coefficient (Wildman–Crippen LogP) is 3.59. The topological polar surface area (TPSA) is 52.5 Å². The van der Waals surface area contributed by atoms with Gasteiger partial charge >= 0.3 is 0 Å². The minimum atomic E-state index is 0.670. The Kier molecular flexibility index (Phi) is 2.75. The monoisotopic (exact) mass is 251 g/mol. The Labute approximate surface area is 108 Å². The lowest BCUT2D eigenvalue weighted by Crippen LogP contribution is -1.77. The zero-order valence-corrected chi connectivity index (χ0v) is 10.2. The van der Waals surface area contributed by atoms with Crippen LogP contribution in [0, 0.1) is 11.3 Å². The predicted molar refractivity (Wildman–Crippen MR) is 71.4 cm³/mol. The van der Waals surface area contributed by atoms with Gasteiger partial charge in [0.25, 0.3) is 0 Å². The minimum Gasteiger partial charge on any atom is -0.333 e. The molecule has 0 aliphatic carbocycles. The Hall–Kier alpha value is -2.25. The zero-order chi connectivity index (χ0) is 12.4. The van der Waals surface area contributed by atoms with E-state index in [4.69, 9.17) is 5.26 Å². The number of hydrogen-bond donors (Lipinski definition) is 1. The van der Waals surface area contributed by atoms with Gasteiger partial charge in [0.05, 0.1) is 22.7 Å². The first kappa shape index (κ1) is 10.9. The minimum absolute atomic E-state index is 0.670. The number of benzene rings is 2. The third kappa shape index (κ3) is 2.08. The molecule has 0 radical (unpaired) electrons. The highest BCUT2D eigenvalue weighted by molar-refractivity contribution is 7.99. The van der Waals surface area contributed by atoms with E-state index in [9.17, 15) is 0 Å². The molecule has 0 saturated heterocycles. The van der Waals surface area contributed by atoms with Gasteiger partial charge in [0.2, 0.25) is 0 Å². The molecule has 3 nitrogen and oxygen atoms in total. The van der Waals surface area contributed by atoms with Crippen LogP contribution in [0.25, 0.3) is 11.0 Å². The van der Waals surface area contributed by atoms with Crippen LogP contribution in [0.1, 0.15) is 5.56 Å². The second-order valence-corrected chi connectivity index (χ2v) is 4.86. The fraction of sp³-hybridized carbons (Fsp3) is 0. The van der Waals surface area contributed by atoms with Gasteiger partial charge in [-0.15, -0.1) is 0 Å². The molecule has 0 fully saturated rings. The van der Waals surface area contributed by atoms with Crippen molar-refractivity contribution in [1.29, 1.82) is 5.26 Å². The molecule has 4 heteroatoms. The lowest BCUT2D eigenvalue weighted by Gasteiger charge is -1.96. The molecule has 0 saturated carbocycles. The molecule has 0 aliphatic rings. The van der Waals surface area contributed by atoms with E-state index in [1.54, 1.807) is 11.8 Å². The lowest BCUT2D eigenvalue weighted by molar-refractivity contribution is 1.08. The van der Waals surface area contributed by atoms with Crippen molar-refractivity contribution in [3.63, 3.8) is 0 Å². The number of fused-ring (bicyclic) bond motifs is 1. The standard InChI is InChI=1S/C14H9N3S/c15-9-10-5-7-11(8-6-10)18-14-16-12-3-1-2-4-13(12)17-14/h1-8H,(H,16,17). The Morgan fingerprint density at radius 1 is 1.06 bits per heavy atom. The summed E-state index contributed by atoms with van der Waals surface area (Å²) in [5, 5.41) is 9.60. The van der Waals surface area contributed by atoms with Crippen LogP contribution in [0.2, 0.25) is 0 Å². The summed E-state index contributed by atoms with van der Waals surface area (Å²) in [5.74, 6) is 0. The average Bonchev–Trinajstić information content (AvgIpc) is 2.82. The Balaban J connectivity index is 1.89. The zero-order valence-electron chi connectivity index (χ0n) is 9.42. The molecule has 3 aromatic rings. The van der Waals surface area contributed by atoms with Crippen LogP contribution < -0.4 is 0 Å². The summed E-state index contributed by atoms with van der Waals surface area (Å²) < 4.78 is 0. The van der Waals surface area contributed by atoms with Gasteiger partial charge in [-0.05, 0) is 36.4 Å². The third-order valence-electron chi connectivity index (χ3n) is 2.57.